The fourth-order valence-corrected chi connectivity index (χ4v) is 2.62. The second-order valence-corrected chi connectivity index (χ2v) is 5.74. The van der Waals surface area contributed by atoms with Crippen LogP contribution in [-0.2, 0) is 6.54 Å². The molecule has 0 unspecified atom stereocenters. The highest BCUT2D eigenvalue weighted by Crippen LogP contribution is 2.16. The normalized spacial score (nSPS) is 11.5. The van der Waals surface area contributed by atoms with Crippen molar-refractivity contribution in [2.75, 3.05) is 0 Å². The maximum absolute atomic E-state index is 12.5. The number of hydrogen-bond acceptors (Lipinski definition) is 4. The highest BCUT2D eigenvalue weighted by Gasteiger charge is 2.14. The van der Waals surface area contributed by atoms with Gasteiger partial charge in [0.2, 0.25) is 5.78 Å². The van der Waals surface area contributed by atoms with Gasteiger partial charge in [0.1, 0.15) is 11.7 Å². The van der Waals surface area contributed by atoms with Gasteiger partial charge in [-0.05, 0) is 31.2 Å². The van der Waals surface area contributed by atoms with Gasteiger partial charge in [-0.3, -0.25) is 14.0 Å². The molecule has 0 radical (unpaired) electrons. The van der Waals surface area contributed by atoms with Crippen LogP contribution in [0.3, 0.4) is 0 Å². The molecule has 0 bridgehead atoms. The van der Waals surface area contributed by atoms with Crippen molar-refractivity contribution in [3.05, 3.63) is 51.6 Å². The Morgan fingerprint density at radius 2 is 2.00 bits per heavy atom. The van der Waals surface area contributed by atoms with E-state index in [0.717, 1.165) is 10.2 Å². The third-order valence-corrected chi connectivity index (χ3v) is 4.02. The van der Waals surface area contributed by atoms with E-state index in [1.165, 1.54) is 4.52 Å². The van der Waals surface area contributed by atoms with Crippen LogP contribution in [-0.4, -0.2) is 28.9 Å². The van der Waals surface area contributed by atoms with Gasteiger partial charge in [-0.2, -0.15) is 19.7 Å². The van der Waals surface area contributed by atoms with Crippen molar-refractivity contribution in [3.8, 4) is 5.69 Å². The first-order valence-corrected chi connectivity index (χ1v) is 7.56. The number of halogens is 1. The minimum Gasteiger partial charge on any atom is -0.270 e. The molecule has 0 saturated heterocycles. The van der Waals surface area contributed by atoms with Crippen LogP contribution in [0.2, 0.25) is 0 Å². The predicted molar refractivity (Wildman–Crippen MR) is 85.2 cm³/mol. The average molecular weight is 359 g/mol. The average Bonchev–Trinajstić information content (AvgIpc) is 3.12. The van der Waals surface area contributed by atoms with E-state index in [1.807, 2.05) is 31.2 Å². The van der Waals surface area contributed by atoms with E-state index >= 15 is 0 Å². The van der Waals surface area contributed by atoms with Crippen LogP contribution in [0.5, 0.6) is 0 Å². The lowest BCUT2D eigenvalue weighted by molar-refractivity contribution is 0.666. The van der Waals surface area contributed by atoms with Crippen molar-refractivity contribution in [1.82, 2.24) is 28.9 Å². The highest BCUT2D eigenvalue weighted by molar-refractivity contribution is 9.10. The van der Waals surface area contributed by atoms with Crippen molar-refractivity contribution < 1.29 is 0 Å². The Bertz CT molecular complexity index is 1040. The summed E-state index contributed by atoms with van der Waals surface area (Å²) in [6, 6.07) is 7.70. The van der Waals surface area contributed by atoms with Gasteiger partial charge in [0, 0.05) is 17.2 Å². The van der Waals surface area contributed by atoms with Gasteiger partial charge in [-0.1, -0.05) is 15.9 Å². The second-order valence-electron chi connectivity index (χ2n) is 4.83. The van der Waals surface area contributed by atoms with Crippen LogP contribution >= 0.6 is 15.9 Å². The van der Waals surface area contributed by atoms with Crippen molar-refractivity contribution in [3.63, 3.8) is 0 Å². The molecule has 0 aliphatic carbocycles. The number of benzene rings is 1. The van der Waals surface area contributed by atoms with Crippen LogP contribution in [0.4, 0.5) is 0 Å². The molecular weight excluding hydrogens is 348 g/mol. The van der Waals surface area contributed by atoms with E-state index in [0.29, 0.717) is 23.4 Å². The Morgan fingerprint density at radius 1 is 1.23 bits per heavy atom. The molecule has 0 atom stereocenters. The minimum absolute atomic E-state index is 0.212. The Morgan fingerprint density at radius 3 is 2.73 bits per heavy atom. The Balaban J connectivity index is 2.03. The molecule has 0 fully saturated rings. The first-order chi connectivity index (χ1) is 10.7. The van der Waals surface area contributed by atoms with Crippen LogP contribution in [0.15, 0.2) is 46.1 Å². The zero-order valence-corrected chi connectivity index (χ0v) is 13.2. The number of hydrogen-bond donors (Lipinski definition) is 0. The molecule has 3 heterocycles. The number of aromatic nitrogens is 6. The molecule has 4 aromatic rings. The van der Waals surface area contributed by atoms with Gasteiger partial charge in [0.25, 0.3) is 5.56 Å². The maximum atomic E-state index is 12.5. The van der Waals surface area contributed by atoms with E-state index in [4.69, 9.17) is 0 Å². The number of fused-ring (bicyclic) bond motifs is 2. The number of aryl methyl sites for hydroxylation is 1. The van der Waals surface area contributed by atoms with E-state index in [2.05, 4.69) is 31.1 Å². The van der Waals surface area contributed by atoms with E-state index < -0.39 is 0 Å². The fraction of sp³-hybridized carbons (Fsp3) is 0.143. The molecule has 110 valence electrons. The molecule has 7 nitrogen and oxygen atoms in total. The standard InChI is InChI=1S/C14H11BrN6O/c1-2-19-7-11-12(18-19)17-14-20(8-16-21(14)13(11)22)10-5-3-9(15)4-6-10/h3-8H,2H2,1H3. The van der Waals surface area contributed by atoms with Gasteiger partial charge in [-0.25, -0.2) is 0 Å². The Hall–Kier alpha value is -2.48. The fourth-order valence-electron chi connectivity index (χ4n) is 2.35. The topological polar surface area (TPSA) is 70.0 Å². The number of rotatable bonds is 2. The first kappa shape index (κ1) is 13.2. The van der Waals surface area contributed by atoms with E-state index in [-0.39, 0.29) is 5.56 Å². The van der Waals surface area contributed by atoms with Crippen molar-refractivity contribution in [2.45, 2.75) is 13.5 Å². The molecule has 8 heteroatoms. The van der Waals surface area contributed by atoms with E-state index in [9.17, 15) is 4.79 Å². The van der Waals surface area contributed by atoms with E-state index in [1.54, 1.807) is 21.8 Å². The zero-order chi connectivity index (χ0) is 15.3. The molecular formula is C14H11BrN6O. The summed E-state index contributed by atoms with van der Waals surface area (Å²) in [7, 11) is 0. The summed E-state index contributed by atoms with van der Waals surface area (Å²) < 4.78 is 5.74. The molecule has 1 aromatic carbocycles. The molecule has 0 N–H and O–H groups in total. The molecule has 0 aliphatic heterocycles. The zero-order valence-electron chi connectivity index (χ0n) is 11.6. The summed E-state index contributed by atoms with van der Waals surface area (Å²) in [6.45, 7) is 2.65. The van der Waals surface area contributed by atoms with Gasteiger partial charge in [-0.15, -0.1) is 0 Å². The lowest BCUT2D eigenvalue weighted by Gasteiger charge is -2.02. The van der Waals surface area contributed by atoms with Gasteiger partial charge in [0.05, 0.1) is 5.69 Å². The molecule has 22 heavy (non-hydrogen) atoms. The largest absolute Gasteiger partial charge is 0.286 e. The monoisotopic (exact) mass is 358 g/mol. The Kier molecular flexibility index (Phi) is 2.86. The van der Waals surface area contributed by atoms with Crippen LogP contribution in [0.25, 0.3) is 22.5 Å². The third-order valence-electron chi connectivity index (χ3n) is 3.49. The lowest BCUT2D eigenvalue weighted by atomic mass is 10.3. The van der Waals surface area contributed by atoms with Crippen LogP contribution in [0, 0.1) is 0 Å². The first-order valence-electron chi connectivity index (χ1n) is 6.77. The lowest BCUT2D eigenvalue weighted by Crippen LogP contribution is -2.15. The van der Waals surface area contributed by atoms with Gasteiger partial charge in [0.15, 0.2) is 5.65 Å². The summed E-state index contributed by atoms with van der Waals surface area (Å²) in [5, 5.41) is 8.94. The second kappa shape index (κ2) is 4.77. The Labute approximate surface area is 132 Å². The third kappa shape index (κ3) is 1.87. The van der Waals surface area contributed by atoms with Gasteiger partial charge < -0.3 is 0 Å². The molecule has 3 aromatic heterocycles. The molecule has 0 spiro atoms. The summed E-state index contributed by atoms with van der Waals surface area (Å²) >= 11 is 3.40. The quantitative estimate of drug-likeness (QED) is 0.549. The SMILES string of the molecule is CCn1cc2c(=O)n3ncn(-c4ccc(Br)cc4)c3nc2n1. The predicted octanol–water partition coefficient (Wildman–Crippen LogP) is 2.01. The van der Waals surface area contributed by atoms with Gasteiger partial charge >= 0.3 is 0 Å². The summed E-state index contributed by atoms with van der Waals surface area (Å²) in [6.07, 6.45) is 3.29. The van der Waals surface area contributed by atoms with Crippen LogP contribution in [0.1, 0.15) is 6.92 Å². The van der Waals surface area contributed by atoms with Crippen molar-refractivity contribution in [2.24, 2.45) is 0 Å². The van der Waals surface area contributed by atoms with Crippen molar-refractivity contribution in [1.29, 1.82) is 0 Å². The van der Waals surface area contributed by atoms with Crippen molar-refractivity contribution >= 4 is 32.7 Å². The maximum Gasteiger partial charge on any atom is 0.286 e. The molecule has 0 aliphatic rings. The molecule has 4 rings (SSSR count). The van der Waals surface area contributed by atoms with Crippen LogP contribution < -0.4 is 5.56 Å². The summed E-state index contributed by atoms with van der Waals surface area (Å²) in [5.74, 6) is 0.446. The smallest absolute Gasteiger partial charge is 0.270 e. The molecule has 0 amide bonds. The minimum atomic E-state index is -0.212. The summed E-state index contributed by atoms with van der Waals surface area (Å²) in [4.78, 5) is 17.0. The summed E-state index contributed by atoms with van der Waals surface area (Å²) in [5.41, 5.74) is 1.10. The molecule has 0 saturated carbocycles. The number of nitrogens with zero attached hydrogens (tertiary/aromatic N) is 6. The highest BCUT2D eigenvalue weighted by atomic mass is 79.9.